The fourth-order valence-corrected chi connectivity index (χ4v) is 3.09. The molecule has 0 radical (unpaired) electrons. The Balaban J connectivity index is 2.13. The van der Waals surface area contributed by atoms with E-state index in [1.54, 1.807) is 0 Å². The summed E-state index contributed by atoms with van der Waals surface area (Å²) in [6.07, 6.45) is 9.66. The molecular formula is C15H31N. The first-order chi connectivity index (χ1) is 7.55. The zero-order valence-corrected chi connectivity index (χ0v) is 11.8. The second-order valence-electron chi connectivity index (χ2n) is 6.51. The maximum atomic E-state index is 3.77. The molecule has 1 N–H and O–H groups in total. The molecule has 1 aliphatic carbocycles. The van der Waals surface area contributed by atoms with Crippen molar-refractivity contribution in [3.05, 3.63) is 0 Å². The molecular weight excluding hydrogens is 194 g/mol. The van der Waals surface area contributed by atoms with Gasteiger partial charge in [0.1, 0.15) is 0 Å². The second-order valence-corrected chi connectivity index (χ2v) is 6.51. The Labute approximate surface area is 102 Å². The third-order valence-corrected chi connectivity index (χ3v) is 4.13. The van der Waals surface area contributed by atoms with Gasteiger partial charge < -0.3 is 5.32 Å². The molecule has 0 aliphatic heterocycles. The lowest BCUT2D eigenvalue weighted by Gasteiger charge is -2.39. The van der Waals surface area contributed by atoms with Crippen LogP contribution in [0.1, 0.15) is 72.6 Å². The number of nitrogens with one attached hydrogen (secondary N) is 1. The molecule has 2 atom stereocenters. The van der Waals surface area contributed by atoms with E-state index < -0.39 is 0 Å². The van der Waals surface area contributed by atoms with Gasteiger partial charge >= 0.3 is 0 Å². The molecule has 0 bridgehead atoms. The van der Waals surface area contributed by atoms with Crippen molar-refractivity contribution in [1.29, 1.82) is 0 Å². The normalized spacial score (nSPS) is 29.2. The summed E-state index contributed by atoms with van der Waals surface area (Å²) in [4.78, 5) is 0. The lowest BCUT2D eigenvalue weighted by molar-refractivity contribution is 0.149. The Kier molecular flexibility index (Phi) is 5.82. The van der Waals surface area contributed by atoms with Crippen molar-refractivity contribution in [2.24, 2.45) is 11.3 Å². The summed E-state index contributed by atoms with van der Waals surface area (Å²) in [7, 11) is 0. The van der Waals surface area contributed by atoms with Gasteiger partial charge in [-0.2, -0.15) is 0 Å². The van der Waals surface area contributed by atoms with Gasteiger partial charge in [-0.25, -0.2) is 0 Å². The molecule has 1 rings (SSSR count). The fourth-order valence-electron chi connectivity index (χ4n) is 3.09. The number of rotatable bonds is 6. The van der Waals surface area contributed by atoms with Crippen molar-refractivity contribution in [2.45, 2.75) is 78.7 Å². The Morgan fingerprint density at radius 1 is 1.19 bits per heavy atom. The summed E-state index contributed by atoms with van der Waals surface area (Å²) in [6.45, 7) is 10.8. The molecule has 0 aromatic rings. The molecule has 0 spiro atoms. The van der Waals surface area contributed by atoms with Gasteiger partial charge in [0, 0.05) is 6.04 Å². The topological polar surface area (TPSA) is 12.0 Å². The third-order valence-electron chi connectivity index (χ3n) is 4.13. The van der Waals surface area contributed by atoms with Gasteiger partial charge in [-0.1, -0.05) is 47.0 Å². The molecule has 16 heavy (non-hydrogen) atoms. The van der Waals surface area contributed by atoms with Gasteiger partial charge in [-0.05, 0) is 43.6 Å². The van der Waals surface area contributed by atoms with Crippen LogP contribution in [0.2, 0.25) is 0 Å². The largest absolute Gasteiger partial charge is 0.314 e. The monoisotopic (exact) mass is 225 g/mol. The van der Waals surface area contributed by atoms with Gasteiger partial charge in [0.2, 0.25) is 0 Å². The maximum absolute atomic E-state index is 3.77. The van der Waals surface area contributed by atoms with Crippen molar-refractivity contribution in [3.63, 3.8) is 0 Å². The third kappa shape index (κ3) is 4.86. The van der Waals surface area contributed by atoms with Gasteiger partial charge in [0.25, 0.3) is 0 Å². The molecule has 96 valence electrons. The molecule has 1 aliphatic rings. The predicted octanol–water partition coefficient (Wildman–Crippen LogP) is 4.37. The average molecular weight is 225 g/mol. The minimum absolute atomic E-state index is 0.583. The zero-order valence-electron chi connectivity index (χ0n) is 11.8. The van der Waals surface area contributed by atoms with E-state index in [0.29, 0.717) is 5.41 Å². The average Bonchev–Trinajstić information content (AvgIpc) is 2.20. The molecule has 0 heterocycles. The van der Waals surface area contributed by atoms with E-state index in [9.17, 15) is 0 Å². The van der Waals surface area contributed by atoms with Crippen molar-refractivity contribution in [1.82, 2.24) is 5.32 Å². The van der Waals surface area contributed by atoms with Crippen LogP contribution in [0.25, 0.3) is 0 Å². The van der Waals surface area contributed by atoms with Gasteiger partial charge in [0.15, 0.2) is 0 Å². The van der Waals surface area contributed by atoms with Gasteiger partial charge in [0.05, 0.1) is 0 Å². The molecule has 1 heteroatoms. The minimum Gasteiger partial charge on any atom is -0.314 e. The fraction of sp³-hybridized carbons (Fsp3) is 1.00. The van der Waals surface area contributed by atoms with E-state index in [-0.39, 0.29) is 0 Å². The van der Waals surface area contributed by atoms with Crippen molar-refractivity contribution in [2.75, 3.05) is 6.54 Å². The summed E-state index contributed by atoms with van der Waals surface area (Å²) >= 11 is 0. The Bertz CT molecular complexity index is 186. The second kappa shape index (κ2) is 6.64. The Morgan fingerprint density at radius 3 is 2.56 bits per heavy atom. The summed E-state index contributed by atoms with van der Waals surface area (Å²) < 4.78 is 0. The van der Waals surface area contributed by atoms with Crippen LogP contribution in [0, 0.1) is 11.3 Å². The highest BCUT2D eigenvalue weighted by atomic mass is 14.9. The van der Waals surface area contributed by atoms with E-state index in [2.05, 4.69) is 33.0 Å². The van der Waals surface area contributed by atoms with Crippen LogP contribution in [-0.4, -0.2) is 12.6 Å². The first-order valence-electron chi connectivity index (χ1n) is 7.28. The minimum atomic E-state index is 0.583. The maximum Gasteiger partial charge on any atom is 0.00930 e. The van der Waals surface area contributed by atoms with Crippen LogP contribution in [0.5, 0.6) is 0 Å². The molecule has 1 fully saturated rings. The number of unbranched alkanes of at least 4 members (excludes halogenated alkanes) is 3. The van der Waals surface area contributed by atoms with E-state index in [4.69, 9.17) is 0 Å². The smallest absolute Gasteiger partial charge is 0.00930 e. The molecule has 0 saturated heterocycles. The van der Waals surface area contributed by atoms with E-state index in [1.165, 1.54) is 51.5 Å². The highest BCUT2D eigenvalue weighted by Crippen LogP contribution is 2.38. The van der Waals surface area contributed by atoms with E-state index in [0.717, 1.165) is 12.0 Å². The molecule has 2 unspecified atom stereocenters. The van der Waals surface area contributed by atoms with E-state index >= 15 is 0 Å². The standard InChI is InChI=1S/C15H31N/c1-5-6-7-8-11-16-14-9-10-15(3,4)12-13(14)2/h13-14,16H,5-12H2,1-4H3. The Hall–Kier alpha value is -0.0400. The van der Waals surface area contributed by atoms with Gasteiger partial charge in [-0.15, -0.1) is 0 Å². The summed E-state index contributed by atoms with van der Waals surface area (Å²) in [5.74, 6) is 0.856. The quantitative estimate of drug-likeness (QED) is 0.662. The number of hydrogen-bond acceptors (Lipinski definition) is 1. The van der Waals surface area contributed by atoms with Gasteiger partial charge in [-0.3, -0.25) is 0 Å². The van der Waals surface area contributed by atoms with Crippen molar-refractivity contribution in [3.8, 4) is 0 Å². The molecule has 1 saturated carbocycles. The Morgan fingerprint density at radius 2 is 1.94 bits per heavy atom. The highest BCUT2D eigenvalue weighted by molar-refractivity contribution is 4.86. The van der Waals surface area contributed by atoms with Crippen LogP contribution in [0.15, 0.2) is 0 Å². The molecule has 0 aromatic heterocycles. The summed E-state index contributed by atoms with van der Waals surface area (Å²) in [6, 6.07) is 0.787. The van der Waals surface area contributed by atoms with Crippen LogP contribution in [0.4, 0.5) is 0 Å². The lowest BCUT2D eigenvalue weighted by atomic mass is 9.70. The molecule has 0 aromatic carbocycles. The predicted molar refractivity (Wildman–Crippen MR) is 72.7 cm³/mol. The van der Waals surface area contributed by atoms with Crippen LogP contribution < -0.4 is 5.32 Å². The van der Waals surface area contributed by atoms with Crippen molar-refractivity contribution < 1.29 is 0 Å². The highest BCUT2D eigenvalue weighted by Gasteiger charge is 2.31. The van der Waals surface area contributed by atoms with Crippen LogP contribution in [-0.2, 0) is 0 Å². The van der Waals surface area contributed by atoms with E-state index in [1.807, 2.05) is 0 Å². The SMILES string of the molecule is CCCCCCNC1CCC(C)(C)CC1C. The lowest BCUT2D eigenvalue weighted by Crippen LogP contribution is -2.42. The first kappa shape index (κ1) is 14.0. The van der Waals surface area contributed by atoms with Crippen LogP contribution in [0.3, 0.4) is 0 Å². The zero-order chi connectivity index (χ0) is 12.0. The van der Waals surface area contributed by atoms with Crippen molar-refractivity contribution >= 4 is 0 Å². The van der Waals surface area contributed by atoms with Crippen LogP contribution >= 0.6 is 0 Å². The molecule has 1 nitrogen and oxygen atoms in total. The first-order valence-corrected chi connectivity index (χ1v) is 7.28. The summed E-state index contributed by atoms with van der Waals surface area (Å²) in [5, 5.41) is 3.77. The summed E-state index contributed by atoms with van der Waals surface area (Å²) in [5.41, 5.74) is 0.583. The molecule has 0 amide bonds. The number of hydrogen-bond donors (Lipinski definition) is 1.